The Kier molecular flexibility index (Phi) is 4.32. The van der Waals surface area contributed by atoms with Crippen LogP contribution in [0.4, 0.5) is 5.69 Å². The van der Waals surface area contributed by atoms with Crippen LogP contribution in [0.3, 0.4) is 0 Å². The Hall–Kier alpha value is -2.70. The van der Waals surface area contributed by atoms with Crippen molar-refractivity contribution in [3.63, 3.8) is 0 Å². The molecule has 1 fully saturated rings. The summed E-state index contributed by atoms with van der Waals surface area (Å²) in [6.45, 7) is 5.43. The van der Waals surface area contributed by atoms with Gasteiger partial charge in [0.2, 0.25) is 11.8 Å². The molecule has 2 unspecified atom stereocenters. The number of rotatable bonds is 3. The highest BCUT2D eigenvalue weighted by molar-refractivity contribution is 6.06. The van der Waals surface area contributed by atoms with Gasteiger partial charge in [-0.1, -0.05) is 19.1 Å². The fraction of sp³-hybridized carbons (Fsp3) is 0.444. The van der Waals surface area contributed by atoms with Crippen molar-refractivity contribution in [3.8, 4) is 0 Å². The summed E-state index contributed by atoms with van der Waals surface area (Å²) in [6, 6.07) is 7.26. The van der Waals surface area contributed by atoms with E-state index in [-0.39, 0.29) is 30.1 Å². The van der Waals surface area contributed by atoms with Crippen LogP contribution in [0.25, 0.3) is 0 Å². The highest BCUT2D eigenvalue weighted by atomic mass is 16.6. The predicted octanol–water partition coefficient (Wildman–Crippen LogP) is 1.83. The van der Waals surface area contributed by atoms with Gasteiger partial charge in [-0.05, 0) is 31.5 Å². The van der Waals surface area contributed by atoms with Crippen LogP contribution < -0.4 is 10.7 Å². The molecule has 7 heteroatoms. The largest absolute Gasteiger partial charge is 0.459 e. The number of ether oxygens (including phenoxy) is 1. The SMILES string of the molecule is CC1CC(=O)NN=C1c1ccc(NC(=O)C2CC(=O)OC2(C)C)cc1. The quantitative estimate of drug-likeness (QED) is 0.818. The smallest absolute Gasteiger partial charge is 0.307 e. The van der Waals surface area contributed by atoms with E-state index in [0.717, 1.165) is 11.3 Å². The van der Waals surface area contributed by atoms with Crippen LogP contribution in [0.5, 0.6) is 0 Å². The first-order valence-electron chi connectivity index (χ1n) is 8.26. The van der Waals surface area contributed by atoms with Crippen molar-refractivity contribution < 1.29 is 19.1 Å². The molecule has 2 atom stereocenters. The number of carbonyl (C=O) groups is 3. The van der Waals surface area contributed by atoms with Crippen molar-refractivity contribution in [3.05, 3.63) is 29.8 Å². The van der Waals surface area contributed by atoms with Crippen LogP contribution in [0.2, 0.25) is 0 Å². The van der Waals surface area contributed by atoms with Gasteiger partial charge < -0.3 is 10.1 Å². The number of nitrogens with zero attached hydrogens (tertiary/aromatic N) is 1. The van der Waals surface area contributed by atoms with Crippen molar-refractivity contribution in [1.29, 1.82) is 0 Å². The zero-order valence-corrected chi connectivity index (χ0v) is 14.5. The van der Waals surface area contributed by atoms with E-state index in [0.29, 0.717) is 12.1 Å². The van der Waals surface area contributed by atoms with Gasteiger partial charge in [0.15, 0.2) is 0 Å². The molecule has 3 rings (SSSR count). The molecule has 1 aromatic rings. The molecule has 1 saturated heterocycles. The fourth-order valence-electron chi connectivity index (χ4n) is 3.18. The molecule has 0 spiro atoms. The van der Waals surface area contributed by atoms with E-state index in [2.05, 4.69) is 15.8 Å². The Morgan fingerprint density at radius 1 is 1.24 bits per heavy atom. The third-order valence-electron chi connectivity index (χ3n) is 4.61. The first kappa shape index (κ1) is 17.1. The number of hydrogen-bond donors (Lipinski definition) is 2. The van der Waals surface area contributed by atoms with E-state index in [9.17, 15) is 14.4 Å². The van der Waals surface area contributed by atoms with Gasteiger partial charge in [-0.3, -0.25) is 14.4 Å². The Bertz CT molecular complexity index is 752. The minimum Gasteiger partial charge on any atom is -0.459 e. The number of esters is 1. The predicted molar refractivity (Wildman–Crippen MR) is 91.8 cm³/mol. The van der Waals surface area contributed by atoms with Crippen LogP contribution in [-0.2, 0) is 19.1 Å². The highest BCUT2D eigenvalue weighted by Crippen LogP contribution is 2.33. The summed E-state index contributed by atoms with van der Waals surface area (Å²) in [6.07, 6.45) is 0.493. The second kappa shape index (κ2) is 6.31. The maximum absolute atomic E-state index is 12.4. The first-order chi connectivity index (χ1) is 11.8. The standard InChI is InChI=1S/C18H21N3O4/c1-10-8-14(22)20-21-16(10)11-4-6-12(7-5-11)19-17(24)13-9-15(23)25-18(13,2)3/h4-7,10,13H,8-9H2,1-3H3,(H,19,24)(H,20,22). The maximum atomic E-state index is 12.4. The molecule has 0 bridgehead atoms. The van der Waals surface area contributed by atoms with Gasteiger partial charge >= 0.3 is 5.97 Å². The van der Waals surface area contributed by atoms with Crippen LogP contribution in [0, 0.1) is 11.8 Å². The van der Waals surface area contributed by atoms with Crippen LogP contribution >= 0.6 is 0 Å². The van der Waals surface area contributed by atoms with Gasteiger partial charge in [-0.25, -0.2) is 5.43 Å². The van der Waals surface area contributed by atoms with Gasteiger partial charge in [-0.2, -0.15) is 5.10 Å². The summed E-state index contributed by atoms with van der Waals surface area (Å²) in [4.78, 5) is 35.2. The average molecular weight is 343 g/mol. The summed E-state index contributed by atoms with van der Waals surface area (Å²) < 4.78 is 5.19. The summed E-state index contributed by atoms with van der Waals surface area (Å²) in [5.41, 5.74) is 4.03. The minimum atomic E-state index is -0.800. The summed E-state index contributed by atoms with van der Waals surface area (Å²) in [5.74, 6) is -1.16. The molecule has 0 aromatic heterocycles. The lowest BCUT2D eigenvalue weighted by Crippen LogP contribution is -2.36. The number of nitrogens with one attached hydrogen (secondary N) is 2. The van der Waals surface area contributed by atoms with E-state index >= 15 is 0 Å². The van der Waals surface area contributed by atoms with Gasteiger partial charge in [0.1, 0.15) is 5.60 Å². The minimum absolute atomic E-state index is 0.0386. The van der Waals surface area contributed by atoms with Crippen molar-refractivity contribution in [2.45, 2.75) is 39.2 Å². The number of carbonyl (C=O) groups excluding carboxylic acids is 3. The monoisotopic (exact) mass is 343 g/mol. The van der Waals surface area contributed by atoms with Crippen LogP contribution in [0.15, 0.2) is 29.4 Å². The number of anilines is 1. The molecule has 0 aliphatic carbocycles. The first-order valence-corrected chi connectivity index (χ1v) is 8.26. The van der Waals surface area contributed by atoms with E-state index in [4.69, 9.17) is 4.74 Å². The van der Waals surface area contributed by atoms with E-state index in [1.165, 1.54) is 0 Å². The Morgan fingerprint density at radius 2 is 1.92 bits per heavy atom. The molecular formula is C18H21N3O4. The normalized spacial score (nSPS) is 25.0. The average Bonchev–Trinajstić information content (AvgIpc) is 2.81. The second-order valence-electron chi connectivity index (χ2n) is 7.04. The number of cyclic esters (lactones) is 1. The van der Waals surface area contributed by atoms with Gasteiger partial charge in [0.25, 0.3) is 0 Å². The molecule has 2 aliphatic rings. The molecule has 1 aromatic carbocycles. The van der Waals surface area contributed by atoms with Crippen molar-refractivity contribution in [2.75, 3.05) is 5.32 Å². The summed E-state index contributed by atoms with van der Waals surface area (Å²) in [5, 5.41) is 6.95. The number of hydrazone groups is 1. The Balaban J connectivity index is 1.70. The lowest BCUT2D eigenvalue weighted by atomic mass is 9.90. The fourth-order valence-corrected chi connectivity index (χ4v) is 3.18. The van der Waals surface area contributed by atoms with Gasteiger partial charge in [-0.15, -0.1) is 0 Å². The van der Waals surface area contributed by atoms with Crippen molar-refractivity contribution in [1.82, 2.24) is 5.43 Å². The number of hydrogen-bond acceptors (Lipinski definition) is 5. The van der Waals surface area contributed by atoms with E-state index < -0.39 is 11.5 Å². The maximum Gasteiger partial charge on any atom is 0.307 e. The van der Waals surface area contributed by atoms with Gasteiger partial charge in [0, 0.05) is 18.0 Å². The van der Waals surface area contributed by atoms with Crippen LogP contribution in [-0.4, -0.2) is 29.1 Å². The van der Waals surface area contributed by atoms with Crippen molar-refractivity contribution in [2.24, 2.45) is 16.9 Å². The molecule has 7 nitrogen and oxygen atoms in total. The molecule has 25 heavy (non-hydrogen) atoms. The highest BCUT2D eigenvalue weighted by Gasteiger charge is 2.46. The van der Waals surface area contributed by atoms with Crippen molar-refractivity contribution >= 4 is 29.2 Å². The molecule has 0 radical (unpaired) electrons. The summed E-state index contributed by atoms with van der Waals surface area (Å²) >= 11 is 0. The number of benzene rings is 1. The third-order valence-corrected chi connectivity index (χ3v) is 4.61. The molecule has 2 aliphatic heterocycles. The number of amides is 2. The molecule has 2 N–H and O–H groups in total. The summed E-state index contributed by atoms with van der Waals surface area (Å²) in [7, 11) is 0. The Labute approximate surface area is 145 Å². The second-order valence-corrected chi connectivity index (χ2v) is 7.04. The zero-order chi connectivity index (χ0) is 18.2. The zero-order valence-electron chi connectivity index (χ0n) is 14.5. The van der Waals surface area contributed by atoms with Gasteiger partial charge in [0.05, 0.1) is 18.1 Å². The Morgan fingerprint density at radius 3 is 2.48 bits per heavy atom. The molecule has 2 amide bonds. The lowest BCUT2D eigenvalue weighted by molar-refractivity contribution is -0.147. The van der Waals surface area contributed by atoms with E-state index in [1.807, 2.05) is 19.1 Å². The lowest BCUT2D eigenvalue weighted by Gasteiger charge is -2.24. The third kappa shape index (κ3) is 3.55. The van der Waals surface area contributed by atoms with Crippen LogP contribution in [0.1, 0.15) is 39.2 Å². The van der Waals surface area contributed by atoms with E-state index in [1.54, 1.807) is 26.0 Å². The topological polar surface area (TPSA) is 96.9 Å². The molecule has 132 valence electrons. The molecule has 2 heterocycles. The molecular weight excluding hydrogens is 322 g/mol. The molecule has 0 saturated carbocycles.